The summed E-state index contributed by atoms with van der Waals surface area (Å²) in [5.41, 5.74) is 2.25. The summed E-state index contributed by atoms with van der Waals surface area (Å²) >= 11 is 8.22. The Bertz CT molecular complexity index is 532. The van der Waals surface area contributed by atoms with E-state index in [2.05, 4.69) is 22.6 Å². The van der Waals surface area contributed by atoms with Crippen molar-refractivity contribution in [2.45, 2.75) is 13.8 Å². The first kappa shape index (κ1) is 12.7. The largest absolute Gasteiger partial charge is 0.456 e. The molecule has 88 valence electrons. The van der Waals surface area contributed by atoms with E-state index >= 15 is 0 Å². The second kappa shape index (κ2) is 5.27. The van der Waals surface area contributed by atoms with Gasteiger partial charge >= 0.3 is 0 Å². The molecule has 0 atom stereocenters. The molecule has 2 aromatic rings. The standard InChI is InChI=1S/C14H12ClIO/c1-9-4-3-5-10(2)14(9)17-13-8-11(15)6-7-12(13)16/h3-8H,1-2H3. The van der Waals surface area contributed by atoms with Crippen LogP contribution >= 0.6 is 34.2 Å². The lowest BCUT2D eigenvalue weighted by Gasteiger charge is -2.13. The molecule has 0 aliphatic carbocycles. The Morgan fingerprint density at radius 3 is 2.35 bits per heavy atom. The Morgan fingerprint density at radius 2 is 1.71 bits per heavy atom. The molecule has 2 rings (SSSR count). The number of ether oxygens (including phenoxy) is 1. The second-order valence-corrected chi connectivity index (χ2v) is 5.50. The van der Waals surface area contributed by atoms with Gasteiger partial charge in [0.15, 0.2) is 0 Å². The van der Waals surface area contributed by atoms with E-state index in [1.54, 1.807) is 0 Å². The number of benzene rings is 2. The minimum Gasteiger partial charge on any atom is -0.456 e. The minimum atomic E-state index is 0.687. The molecule has 0 N–H and O–H groups in total. The molecule has 0 aliphatic rings. The molecule has 17 heavy (non-hydrogen) atoms. The SMILES string of the molecule is Cc1cccc(C)c1Oc1cc(Cl)ccc1I. The van der Waals surface area contributed by atoms with Crippen LogP contribution in [0.15, 0.2) is 36.4 Å². The lowest BCUT2D eigenvalue weighted by atomic mass is 10.1. The van der Waals surface area contributed by atoms with E-state index in [1.807, 2.05) is 50.2 Å². The highest BCUT2D eigenvalue weighted by Crippen LogP contribution is 2.32. The smallest absolute Gasteiger partial charge is 0.142 e. The molecule has 0 aromatic heterocycles. The average Bonchev–Trinajstić information content (AvgIpc) is 2.28. The normalized spacial score (nSPS) is 10.4. The van der Waals surface area contributed by atoms with Crippen molar-refractivity contribution in [2.75, 3.05) is 0 Å². The van der Waals surface area contributed by atoms with Crippen LogP contribution in [0.25, 0.3) is 0 Å². The number of rotatable bonds is 2. The Hall–Kier alpha value is -0.740. The molecular weight excluding hydrogens is 347 g/mol. The van der Waals surface area contributed by atoms with Gasteiger partial charge in [0.1, 0.15) is 11.5 Å². The summed E-state index contributed by atoms with van der Waals surface area (Å²) in [4.78, 5) is 0. The van der Waals surface area contributed by atoms with Crippen molar-refractivity contribution in [2.24, 2.45) is 0 Å². The predicted octanol–water partition coefficient (Wildman–Crippen LogP) is 5.35. The van der Waals surface area contributed by atoms with Gasteiger partial charge in [0.05, 0.1) is 3.57 Å². The molecule has 0 saturated carbocycles. The fourth-order valence-electron chi connectivity index (χ4n) is 1.63. The molecular formula is C14H12ClIO. The third-order valence-corrected chi connectivity index (χ3v) is 3.64. The van der Waals surface area contributed by atoms with Gasteiger partial charge in [0, 0.05) is 11.1 Å². The van der Waals surface area contributed by atoms with Gasteiger partial charge in [-0.2, -0.15) is 0 Å². The summed E-state index contributed by atoms with van der Waals surface area (Å²) in [6, 6.07) is 11.8. The van der Waals surface area contributed by atoms with Gasteiger partial charge in [-0.3, -0.25) is 0 Å². The molecule has 0 bridgehead atoms. The third kappa shape index (κ3) is 2.93. The van der Waals surface area contributed by atoms with Gasteiger partial charge in [0.25, 0.3) is 0 Å². The van der Waals surface area contributed by atoms with Crippen molar-refractivity contribution in [3.63, 3.8) is 0 Å². The molecule has 0 saturated heterocycles. The molecule has 0 spiro atoms. The molecule has 1 nitrogen and oxygen atoms in total. The molecule has 0 amide bonds. The van der Waals surface area contributed by atoms with Gasteiger partial charge in [-0.1, -0.05) is 29.8 Å². The summed E-state index contributed by atoms with van der Waals surface area (Å²) in [6.45, 7) is 4.08. The zero-order valence-corrected chi connectivity index (χ0v) is 12.5. The van der Waals surface area contributed by atoms with E-state index < -0.39 is 0 Å². The van der Waals surface area contributed by atoms with Crippen LogP contribution in [0.5, 0.6) is 11.5 Å². The first-order chi connectivity index (χ1) is 8.08. The maximum atomic E-state index is 5.98. The second-order valence-electron chi connectivity index (χ2n) is 3.90. The van der Waals surface area contributed by atoms with Gasteiger partial charge in [-0.05, 0) is 59.7 Å². The van der Waals surface area contributed by atoms with E-state index in [9.17, 15) is 0 Å². The number of para-hydroxylation sites is 1. The Kier molecular flexibility index (Phi) is 3.94. The van der Waals surface area contributed by atoms with Crippen LogP contribution in [0.1, 0.15) is 11.1 Å². The Morgan fingerprint density at radius 1 is 1.06 bits per heavy atom. The van der Waals surface area contributed by atoms with Crippen LogP contribution in [0.2, 0.25) is 5.02 Å². The Balaban J connectivity index is 2.41. The number of hydrogen-bond donors (Lipinski definition) is 0. The highest BCUT2D eigenvalue weighted by molar-refractivity contribution is 14.1. The van der Waals surface area contributed by atoms with E-state index in [1.165, 1.54) is 0 Å². The number of hydrogen-bond acceptors (Lipinski definition) is 1. The van der Waals surface area contributed by atoms with Crippen molar-refractivity contribution in [1.29, 1.82) is 0 Å². The van der Waals surface area contributed by atoms with E-state index in [-0.39, 0.29) is 0 Å². The quantitative estimate of drug-likeness (QED) is 0.657. The summed E-state index contributed by atoms with van der Waals surface area (Å²) in [5, 5.41) is 0.687. The Labute approximate surface area is 120 Å². The summed E-state index contributed by atoms with van der Waals surface area (Å²) in [5.74, 6) is 1.71. The molecule has 2 aromatic carbocycles. The number of aryl methyl sites for hydroxylation is 2. The van der Waals surface area contributed by atoms with Crippen molar-refractivity contribution in [3.8, 4) is 11.5 Å². The predicted molar refractivity (Wildman–Crippen MR) is 80.2 cm³/mol. The fourth-order valence-corrected chi connectivity index (χ4v) is 2.23. The summed E-state index contributed by atoms with van der Waals surface area (Å²) < 4.78 is 7.01. The minimum absolute atomic E-state index is 0.687. The zero-order chi connectivity index (χ0) is 12.4. The van der Waals surface area contributed by atoms with Crippen molar-refractivity contribution in [3.05, 3.63) is 56.1 Å². The molecule has 0 fully saturated rings. The lowest BCUT2D eigenvalue weighted by molar-refractivity contribution is 0.472. The van der Waals surface area contributed by atoms with E-state index in [0.717, 1.165) is 26.2 Å². The van der Waals surface area contributed by atoms with Crippen molar-refractivity contribution >= 4 is 34.2 Å². The van der Waals surface area contributed by atoms with Gasteiger partial charge in [-0.15, -0.1) is 0 Å². The monoisotopic (exact) mass is 358 g/mol. The van der Waals surface area contributed by atoms with Crippen LogP contribution in [-0.4, -0.2) is 0 Å². The van der Waals surface area contributed by atoms with E-state index in [4.69, 9.17) is 16.3 Å². The molecule has 0 unspecified atom stereocenters. The third-order valence-electron chi connectivity index (χ3n) is 2.51. The molecule has 0 heterocycles. The summed E-state index contributed by atoms with van der Waals surface area (Å²) in [6.07, 6.45) is 0. The van der Waals surface area contributed by atoms with Crippen LogP contribution < -0.4 is 4.74 Å². The average molecular weight is 359 g/mol. The fraction of sp³-hybridized carbons (Fsp3) is 0.143. The first-order valence-electron chi connectivity index (χ1n) is 5.27. The summed E-state index contributed by atoms with van der Waals surface area (Å²) in [7, 11) is 0. The first-order valence-corrected chi connectivity index (χ1v) is 6.72. The van der Waals surface area contributed by atoms with Crippen molar-refractivity contribution < 1.29 is 4.74 Å². The molecule has 3 heteroatoms. The highest BCUT2D eigenvalue weighted by Gasteiger charge is 2.08. The lowest BCUT2D eigenvalue weighted by Crippen LogP contribution is -1.92. The van der Waals surface area contributed by atoms with Crippen LogP contribution in [-0.2, 0) is 0 Å². The topological polar surface area (TPSA) is 9.23 Å². The molecule has 0 aliphatic heterocycles. The van der Waals surface area contributed by atoms with Crippen LogP contribution in [0, 0.1) is 17.4 Å². The van der Waals surface area contributed by atoms with Crippen LogP contribution in [0.3, 0.4) is 0 Å². The maximum Gasteiger partial charge on any atom is 0.142 e. The van der Waals surface area contributed by atoms with Crippen molar-refractivity contribution in [1.82, 2.24) is 0 Å². The van der Waals surface area contributed by atoms with E-state index in [0.29, 0.717) is 5.02 Å². The maximum absolute atomic E-state index is 5.98. The van der Waals surface area contributed by atoms with Gasteiger partial charge in [0.2, 0.25) is 0 Å². The number of halogens is 2. The zero-order valence-electron chi connectivity index (χ0n) is 9.63. The van der Waals surface area contributed by atoms with Gasteiger partial charge in [-0.25, -0.2) is 0 Å². The molecule has 0 radical (unpaired) electrons. The highest BCUT2D eigenvalue weighted by atomic mass is 127. The van der Waals surface area contributed by atoms with Crippen LogP contribution in [0.4, 0.5) is 0 Å². The van der Waals surface area contributed by atoms with Gasteiger partial charge < -0.3 is 4.74 Å².